The maximum absolute atomic E-state index is 12.6. The number of ether oxygens (including phenoxy) is 1. The third kappa shape index (κ3) is 3.18. The van der Waals surface area contributed by atoms with E-state index in [1.807, 2.05) is 16.8 Å². The highest BCUT2D eigenvalue weighted by molar-refractivity contribution is 6.05. The number of hydrogen-bond donors (Lipinski definition) is 3. The van der Waals surface area contributed by atoms with Gasteiger partial charge in [0.1, 0.15) is 5.56 Å². The van der Waals surface area contributed by atoms with Crippen molar-refractivity contribution >= 4 is 17.5 Å². The number of anilines is 1. The van der Waals surface area contributed by atoms with Crippen LogP contribution < -0.4 is 15.2 Å². The minimum Gasteiger partial charge on any atom is -0.394 e. The van der Waals surface area contributed by atoms with Crippen LogP contribution in [0.2, 0.25) is 0 Å². The Labute approximate surface area is 150 Å². The van der Waals surface area contributed by atoms with Gasteiger partial charge < -0.3 is 20.5 Å². The number of hydrogen-bond acceptors (Lipinski definition) is 4. The maximum atomic E-state index is 12.6. The normalized spacial score (nSPS) is 21.3. The zero-order chi connectivity index (χ0) is 18.1. The summed E-state index contributed by atoms with van der Waals surface area (Å²) >= 11 is 0. The van der Waals surface area contributed by atoms with Crippen LogP contribution in [-0.4, -0.2) is 29.6 Å². The molecule has 0 saturated carbocycles. The van der Waals surface area contributed by atoms with E-state index in [1.165, 1.54) is 0 Å². The van der Waals surface area contributed by atoms with E-state index >= 15 is 0 Å². The molecule has 26 heavy (non-hydrogen) atoms. The van der Waals surface area contributed by atoms with Gasteiger partial charge in [-0.1, -0.05) is 6.07 Å². The number of aliphatic hydroxyl groups is 1. The first-order valence-corrected chi connectivity index (χ1v) is 8.63. The molecule has 0 radical (unpaired) electrons. The van der Waals surface area contributed by atoms with Gasteiger partial charge in [0.15, 0.2) is 12.4 Å². The number of rotatable bonds is 4. The van der Waals surface area contributed by atoms with Crippen LogP contribution in [0.15, 0.2) is 42.7 Å². The highest BCUT2D eigenvalue weighted by Gasteiger charge is 2.31. The van der Waals surface area contributed by atoms with E-state index in [2.05, 4.69) is 10.6 Å². The van der Waals surface area contributed by atoms with Gasteiger partial charge in [-0.2, -0.15) is 4.57 Å². The molecule has 2 aliphatic heterocycles. The van der Waals surface area contributed by atoms with Gasteiger partial charge in [-0.15, -0.1) is 0 Å². The number of amides is 2. The lowest BCUT2D eigenvalue weighted by atomic mass is 10.1. The summed E-state index contributed by atoms with van der Waals surface area (Å²) in [7, 11) is 0. The van der Waals surface area contributed by atoms with E-state index in [4.69, 9.17) is 4.74 Å². The monoisotopic (exact) mass is 354 g/mol. The van der Waals surface area contributed by atoms with E-state index in [0.717, 1.165) is 18.4 Å². The van der Waals surface area contributed by atoms with Crippen molar-refractivity contribution in [1.29, 1.82) is 0 Å². The average molecular weight is 354 g/mol. The number of aliphatic hydroxyl groups excluding tert-OH is 1. The first kappa shape index (κ1) is 16.7. The molecule has 1 aromatic carbocycles. The van der Waals surface area contributed by atoms with Crippen LogP contribution in [0.1, 0.15) is 45.3 Å². The molecule has 2 unspecified atom stereocenters. The van der Waals surface area contributed by atoms with Crippen LogP contribution in [0.4, 0.5) is 5.69 Å². The Morgan fingerprint density at radius 2 is 2.23 bits per heavy atom. The van der Waals surface area contributed by atoms with Crippen molar-refractivity contribution in [2.24, 2.45) is 0 Å². The van der Waals surface area contributed by atoms with Gasteiger partial charge in [-0.3, -0.25) is 9.59 Å². The predicted molar refractivity (Wildman–Crippen MR) is 92.4 cm³/mol. The smallest absolute Gasteiger partial charge is 0.262 e. The number of pyridine rings is 1. The first-order valence-electron chi connectivity index (χ1n) is 8.63. The average Bonchev–Trinajstić information content (AvgIpc) is 3.29. The second kappa shape index (κ2) is 6.86. The summed E-state index contributed by atoms with van der Waals surface area (Å²) in [6, 6.07) is 8.85. The van der Waals surface area contributed by atoms with Crippen molar-refractivity contribution in [1.82, 2.24) is 5.32 Å². The quantitative estimate of drug-likeness (QED) is 0.718. The molecule has 1 saturated heterocycles. The van der Waals surface area contributed by atoms with Crippen LogP contribution in [0.5, 0.6) is 0 Å². The first-order chi connectivity index (χ1) is 12.6. The van der Waals surface area contributed by atoms with Gasteiger partial charge in [0.25, 0.3) is 18.0 Å². The number of nitrogens with one attached hydrogen (secondary N) is 2. The van der Waals surface area contributed by atoms with Gasteiger partial charge in [0, 0.05) is 30.3 Å². The molecule has 7 nitrogen and oxygen atoms in total. The van der Waals surface area contributed by atoms with Crippen molar-refractivity contribution in [3.63, 3.8) is 0 Å². The number of benzene rings is 1. The molecule has 4 rings (SSSR count). The Morgan fingerprint density at radius 1 is 1.35 bits per heavy atom. The fourth-order valence-electron chi connectivity index (χ4n) is 3.34. The number of fused-ring (bicyclic) bond motifs is 1. The molecule has 2 amide bonds. The highest BCUT2D eigenvalue weighted by Crippen LogP contribution is 2.24. The number of nitrogens with zero attached hydrogens (tertiary/aromatic N) is 1. The molecule has 0 aliphatic carbocycles. The Kier molecular flexibility index (Phi) is 4.40. The molecule has 0 spiro atoms. The second-order valence-electron chi connectivity index (χ2n) is 6.52. The summed E-state index contributed by atoms with van der Waals surface area (Å²) in [5.41, 5.74) is 2.61. The van der Waals surface area contributed by atoms with Gasteiger partial charge >= 0.3 is 0 Å². The summed E-state index contributed by atoms with van der Waals surface area (Å²) in [6.45, 7) is 0.528. The Hall–Kier alpha value is -2.77. The van der Waals surface area contributed by atoms with Gasteiger partial charge in [0.2, 0.25) is 0 Å². The van der Waals surface area contributed by atoms with E-state index in [1.54, 1.807) is 30.5 Å². The molecule has 0 bridgehead atoms. The molecule has 7 heteroatoms. The molecule has 1 fully saturated rings. The highest BCUT2D eigenvalue weighted by atomic mass is 16.5. The molecule has 2 aromatic rings. The molecule has 3 heterocycles. The fourth-order valence-corrected chi connectivity index (χ4v) is 3.34. The predicted octanol–water partition coefficient (Wildman–Crippen LogP) is 1.14. The van der Waals surface area contributed by atoms with Gasteiger partial charge in [0.05, 0.1) is 12.7 Å². The lowest BCUT2D eigenvalue weighted by molar-refractivity contribution is -0.759. The number of carbonyl (C=O) groups excluding carboxylic acids is 2. The summed E-state index contributed by atoms with van der Waals surface area (Å²) in [4.78, 5) is 24.3. The Morgan fingerprint density at radius 3 is 3.04 bits per heavy atom. The zero-order valence-electron chi connectivity index (χ0n) is 14.1. The van der Waals surface area contributed by atoms with Crippen molar-refractivity contribution in [2.45, 2.75) is 31.7 Å². The summed E-state index contributed by atoms with van der Waals surface area (Å²) in [6.07, 6.45) is 4.84. The largest absolute Gasteiger partial charge is 0.394 e. The summed E-state index contributed by atoms with van der Waals surface area (Å²) < 4.78 is 7.60. The summed E-state index contributed by atoms with van der Waals surface area (Å²) in [5, 5.41) is 14.8. The third-order valence-corrected chi connectivity index (χ3v) is 4.76. The fraction of sp³-hybridized carbons (Fsp3) is 0.316. The number of carbonyl (C=O) groups is 2. The molecule has 2 atom stereocenters. The van der Waals surface area contributed by atoms with E-state index in [0.29, 0.717) is 23.4 Å². The molecule has 2 aliphatic rings. The lowest BCUT2D eigenvalue weighted by Crippen LogP contribution is -2.40. The van der Waals surface area contributed by atoms with Crippen molar-refractivity contribution < 1.29 is 24.0 Å². The molecule has 3 N–H and O–H groups in total. The lowest BCUT2D eigenvalue weighted by Gasteiger charge is -2.09. The maximum Gasteiger partial charge on any atom is 0.262 e. The van der Waals surface area contributed by atoms with Gasteiger partial charge in [-0.05, 0) is 30.2 Å². The van der Waals surface area contributed by atoms with Crippen LogP contribution in [0.3, 0.4) is 0 Å². The Balaban J connectivity index is 1.50. The summed E-state index contributed by atoms with van der Waals surface area (Å²) in [5.74, 6) is -0.375. The van der Waals surface area contributed by atoms with Crippen LogP contribution in [0, 0.1) is 0 Å². The minimum atomic E-state index is -0.255. The van der Waals surface area contributed by atoms with Crippen molar-refractivity contribution in [2.75, 3.05) is 11.9 Å². The van der Waals surface area contributed by atoms with E-state index in [-0.39, 0.29) is 30.8 Å². The molecule has 1 aromatic heterocycles. The number of aromatic nitrogens is 1. The minimum absolute atomic E-state index is 0.00312. The van der Waals surface area contributed by atoms with E-state index in [9.17, 15) is 14.7 Å². The van der Waals surface area contributed by atoms with Crippen molar-refractivity contribution in [3.8, 4) is 0 Å². The molecular formula is C19H20N3O4+. The standard InChI is InChI=1S/C19H19N3O4/c23-11-15-5-6-17(26-15)22-7-1-2-13(10-22)18(24)21-14-4-3-12-9-20-19(25)16(12)8-14/h1-4,7-8,10,15,17,23H,5-6,9,11H2,(H-,20,21,24,25)/p+1. The van der Waals surface area contributed by atoms with Crippen LogP contribution in [-0.2, 0) is 11.3 Å². The van der Waals surface area contributed by atoms with Crippen LogP contribution >= 0.6 is 0 Å². The Bertz CT molecular complexity index is 868. The zero-order valence-corrected chi connectivity index (χ0v) is 14.1. The van der Waals surface area contributed by atoms with Gasteiger partial charge in [-0.25, -0.2) is 0 Å². The third-order valence-electron chi connectivity index (χ3n) is 4.76. The SMILES string of the molecule is O=C(Nc1ccc2c(c1)C(=O)NC2)c1ccc[n+](C2CCC(CO)O2)c1. The van der Waals surface area contributed by atoms with Crippen molar-refractivity contribution in [3.05, 3.63) is 59.4 Å². The van der Waals surface area contributed by atoms with E-state index < -0.39 is 0 Å². The topological polar surface area (TPSA) is 91.5 Å². The van der Waals surface area contributed by atoms with Crippen LogP contribution in [0.25, 0.3) is 0 Å². The molecular weight excluding hydrogens is 334 g/mol. The second-order valence-corrected chi connectivity index (χ2v) is 6.52. The molecule has 134 valence electrons.